The molecule has 0 aliphatic carbocycles. The van der Waals surface area contributed by atoms with E-state index in [2.05, 4.69) is 60.9 Å². The fourth-order valence-electron chi connectivity index (χ4n) is 3.71. The van der Waals surface area contributed by atoms with Gasteiger partial charge in [0, 0.05) is 57.8 Å². The third-order valence-electron chi connectivity index (χ3n) is 5.33. The fraction of sp³-hybridized carbons (Fsp3) is 0.600. The summed E-state index contributed by atoms with van der Waals surface area (Å²) < 4.78 is 0. The van der Waals surface area contributed by atoms with Crippen molar-refractivity contribution in [3.8, 4) is 0 Å². The molecule has 2 rings (SSSR count). The summed E-state index contributed by atoms with van der Waals surface area (Å²) in [6, 6.07) is 11.2. The van der Waals surface area contributed by atoms with Crippen LogP contribution in [0, 0.1) is 13.8 Å². The standard InChI is InChI=1S/C20H32N2.Y/c1-4-20(19-12-8-7-9-13-19)14-10-11-15-22(18-20)17-16-21(5-2)6-3;/h7-9,12-13H,2-6,10-11,14-18H2,1H3;/q-2;. The Morgan fingerprint density at radius 3 is 2.43 bits per heavy atom. The van der Waals surface area contributed by atoms with Gasteiger partial charge in [-0.25, -0.2) is 0 Å². The van der Waals surface area contributed by atoms with Crippen molar-refractivity contribution in [3.63, 3.8) is 0 Å². The molecule has 1 fully saturated rings. The number of rotatable bonds is 7. The van der Waals surface area contributed by atoms with E-state index in [4.69, 9.17) is 0 Å². The molecular weight excluding hydrogens is 357 g/mol. The number of nitrogens with zero attached hydrogens (tertiary/aromatic N) is 2. The van der Waals surface area contributed by atoms with E-state index < -0.39 is 0 Å². The Kier molecular flexibility index (Phi) is 10.2. The van der Waals surface area contributed by atoms with Crippen molar-refractivity contribution in [3.05, 3.63) is 49.7 Å². The van der Waals surface area contributed by atoms with E-state index in [0.29, 0.717) is 5.41 Å². The summed E-state index contributed by atoms with van der Waals surface area (Å²) in [5.41, 5.74) is 1.85. The van der Waals surface area contributed by atoms with Crippen molar-refractivity contribution < 1.29 is 32.7 Å². The van der Waals surface area contributed by atoms with E-state index >= 15 is 0 Å². The van der Waals surface area contributed by atoms with Crippen LogP contribution in [0.2, 0.25) is 0 Å². The number of hydrogen-bond acceptors (Lipinski definition) is 2. The second kappa shape index (κ2) is 11.0. The third-order valence-corrected chi connectivity index (χ3v) is 5.33. The Hall–Kier alpha value is 0.244. The Morgan fingerprint density at radius 2 is 1.83 bits per heavy atom. The first-order valence-corrected chi connectivity index (χ1v) is 8.83. The predicted molar refractivity (Wildman–Crippen MR) is 95.9 cm³/mol. The van der Waals surface area contributed by atoms with Crippen molar-refractivity contribution in [2.45, 2.75) is 38.0 Å². The van der Waals surface area contributed by atoms with Crippen molar-refractivity contribution >= 4 is 0 Å². The van der Waals surface area contributed by atoms with E-state index in [1.54, 1.807) is 0 Å². The van der Waals surface area contributed by atoms with E-state index in [0.717, 1.165) is 26.2 Å². The predicted octanol–water partition coefficient (Wildman–Crippen LogP) is 3.79. The quantitative estimate of drug-likeness (QED) is 0.655. The van der Waals surface area contributed by atoms with Crippen LogP contribution in [-0.4, -0.2) is 49.1 Å². The van der Waals surface area contributed by atoms with Gasteiger partial charge in [0.2, 0.25) is 0 Å². The van der Waals surface area contributed by atoms with Gasteiger partial charge < -0.3 is 23.6 Å². The largest absolute Gasteiger partial charge is 0.361 e. The van der Waals surface area contributed by atoms with E-state index in [9.17, 15) is 0 Å². The molecule has 0 saturated carbocycles. The second-order valence-corrected chi connectivity index (χ2v) is 6.57. The molecule has 0 aromatic heterocycles. The van der Waals surface area contributed by atoms with Gasteiger partial charge in [-0.05, 0) is 31.4 Å². The van der Waals surface area contributed by atoms with Crippen LogP contribution in [0.15, 0.2) is 30.3 Å². The van der Waals surface area contributed by atoms with Gasteiger partial charge in [0.1, 0.15) is 0 Å². The topological polar surface area (TPSA) is 6.48 Å². The van der Waals surface area contributed by atoms with Crippen LogP contribution in [0.3, 0.4) is 0 Å². The van der Waals surface area contributed by atoms with Gasteiger partial charge in [0.25, 0.3) is 0 Å². The molecule has 1 radical (unpaired) electrons. The normalized spacial score (nSPS) is 22.6. The smallest absolute Gasteiger partial charge is 0.0108 e. The zero-order chi connectivity index (χ0) is 15.8. The fourth-order valence-corrected chi connectivity index (χ4v) is 3.71. The summed E-state index contributed by atoms with van der Waals surface area (Å²) in [7, 11) is 0. The first kappa shape index (κ1) is 21.3. The average Bonchev–Trinajstić information content (AvgIpc) is 2.80. The maximum Gasteiger partial charge on any atom is 0.0108 e. The zero-order valence-electron chi connectivity index (χ0n) is 14.8. The van der Waals surface area contributed by atoms with Crippen LogP contribution in [-0.2, 0) is 38.1 Å². The van der Waals surface area contributed by atoms with Gasteiger partial charge in [-0.15, -0.1) is 13.1 Å². The van der Waals surface area contributed by atoms with Crippen LogP contribution < -0.4 is 0 Å². The van der Waals surface area contributed by atoms with Crippen molar-refractivity contribution in [1.29, 1.82) is 0 Å². The molecule has 1 unspecified atom stereocenters. The summed E-state index contributed by atoms with van der Waals surface area (Å²) >= 11 is 0. The minimum atomic E-state index is 0. The maximum atomic E-state index is 4.00. The molecule has 1 atom stereocenters. The monoisotopic (exact) mass is 389 g/mol. The van der Waals surface area contributed by atoms with E-state index in [1.165, 1.54) is 44.3 Å². The second-order valence-electron chi connectivity index (χ2n) is 6.57. The van der Waals surface area contributed by atoms with E-state index in [-0.39, 0.29) is 32.7 Å². The van der Waals surface area contributed by atoms with Crippen LogP contribution in [0.5, 0.6) is 0 Å². The van der Waals surface area contributed by atoms with Gasteiger partial charge in [-0.3, -0.25) is 0 Å². The minimum Gasteiger partial charge on any atom is -0.361 e. The van der Waals surface area contributed by atoms with Gasteiger partial charge >= 0.3 is 0 Å². The first-order chi connectivity index (χ1) is 10.7. The Bertz CT molecular complexity index is 419. The number of likely N-dealkylation sites (tertiary alicyclic amines) is 1. The van der Waals surface area contributed by atoms with Crippen LogP contribution >= 0.6 is 0 Å². The van der Waals surface area contributed by atoms with Gasteiger partial charge in [-0.2, -0.15) is 0 Å². The molecule has 1 aliphatic rings. The minimum absolute atomic E-state index is 0. The summed E-state index contributed by atoms with van der Waals surface area (Å²) in [5.74, 6) is 0. The molecule has 0 amide bonds. The molecule has 1 saturated heterocycles. The van der Waals surface area contributed by atoms with Gasteiger partial charge in [0.05, 0.1) is 0 Å². The molecule has 127 valence electrons. The summed E-state index contributed by atoms with van der Waals surface area (Å²) in [6.07, 6.45) is 5.21. The average molecular weight is 389 g/mol. The molecule has 0 N–H and O–H groups in total. The molecular formula is C20H32N2Y-2. The van der Waals surface area contributed by atoms with Crippen molar-refractivity contribution in [2.24, 2.45) is 0 Å². The van der Waals surface area contributed by atoms with Crippen molar-refractivity contribution in [2.75, 3.05) is 39.3 Å². The molecule has 3 heteroatoms. The summed E-state index contributed by atoms with van der Waals surface area (Å²) in [4.78, 5) is 4.99. The molecule has 0 spiro atoms. The zero-order valence-corrected chi connectivity index (χ0v) is 17.7. The third kappa shape index (κ3) is 5.92. The molecule has 23 heavy (non-hydrogen) atoms. The van der Waals surface area contributed by atoms with Crippen LogP contribution in [0.25, 0.3) is 0 Å². The molecule has 2 nitrogen and oxygen atoms in total. The molecule has 1 heterocycles. The molecule has 0 bridgehead atoms. The SMILES string of the molecule is [CH2-]CN(C[CH2-])CCN1CCCCC(CC)(c2ccccc2)C1.[Y]. The number of benzene rings is 1. The van der Waals surface area contributed by atoms with Gasteiger partial charge in [0.15, 0.2) is 0 Å². The Labute approximate surface area is 168 Å². The summed E-state index contributed by atoms with van der Waals surface area (Å²) in [5, 5.41) is 0. The molecule has 1 aromatic carbocycles. The molecule has 1 aromatic rings. The molecule has 1 aliphatic heterocycles. The maximum absolute atomic E-state index is 4.00. The van der Waals surface area contributed by atoms with Gasteiger partial charge in [-0.1, -0.05) is 43.7 Å². The first-order valence-electron chi connectivity index (χ1n) is 8.83. The Balaban J connectivity index is 0.00000264. The summed E-state index contributed by atoms with van der Waals surface area (Å²) in [6.45, 7) is 16.7. The van der Waals surface area contributed by atoms with Crippen LogP contribution in [0.1, 0.15) is 38.2 Å². The van der Waals surface area contributed by atoms with Crippen molar-refractivity contribution in [1.82, 2.24) is 9.80 Å². The number of hydrogen-bond donors (Lipinski definition) is 0. The Morgan fingerprint density at radius 1 is 1.13 bits per heavy atom. The van der Waals surface area contributed by atoms with Crippen LogP contribution in [0.4, 0.5) is 0 Å². The van der Waals surface area contributed by atoms with E-state index in [1.807, 2.05) is 0 Å².